The molecule has 1 unspecified atom stereocenters. The second-order valence-corrected chi connectivity index (χ2v) is 8.58. The minimum absolute atomic E-state index is 0.0484. The molecular weight excluding hydrogens is 440 g/mol. The van der Waals surface area contributed by atoms with Gasteiger partial charge in [-0.2, -0.15) is 0 Å². The van der Waals surface area contributed by atoms with Gasteiger partial charge in [-0.3, -0.25) is 10.1 Å². The first kappa shape index (κ1) is 23.1. The van der Waals surface area contributed by atoms with Gasteiger partial charge in [0, 0.05) is 60.8 Å². The van der Waals surface area contributed by atoms with E-state index in [0.717, 1.165) is 16.9 Å². The summed E-state index contributed by atoms with van der Waals surface area (Å²) < 4.78 is 0. The van der Waals surface area contributed by atoms with Crippen LogP contribution >= 0.6 is 11.6 Å². The zero-order valence-corrected chi connectivity index (χ0v) is 19.1. The fourth-order valence-corrected chi connectivity index (χ4v) is 3.72. The predicted octanol–water partition coefficient (Wildman–Crippen LogP) is 2.88. The maximum Gasteiger partial charge on any atom is 0.253 e. The van der Waals surface area contributed by atoms with Crippen LogP contribution in [0.25, 0.3) is 11.3 Å². The quantitative estimate of drug-likeness (QED) is 0.469. The van der Waals surface area contributed by atoms with E-state index in [-0.39, 0.29) is 5.91 Å². The maximum absolute atomic E-state index is 13.0. The lowest BCUT2D eigenvalue weighted by atomic mass is 10.1. The number of nitrogens with zero attached hydrogens (tertiary/aromatic N) is 3. The van der Waals surface area contributed by atoms with E-state index in [9.17, 15) is 9.90 Å². The minimum atomic E-state index is -0.987. The molecule has 4 N–H and O–H groups in total. The Bertz CT molecular complexity index is 1090. The van der Waals surface area contributed by atoms with E-state index < -0.39 is 5.72 Å². The fraction of sp³-hybridized carbons (Fsp3) is 0.292. The number of nitrogens with one attached hydrogen (secondary N) is 3. The van der Waals surface area contributed by atoms with E-state index in [4.69, 9.17) is 11.6 Å². The first-order chi connectivity index (χ1) is 15.9. The van der Waals surface area contributed by atoms with Crippen molar-refractivity contribution in [3.8, 4) is 11.3 Å². The zero-order valence-electron chi connectivity index (χ0n) is 18.4. The highest BCUT2D eigenvalue weighted by molar-refractivity contribution is 6.30. The molecule has 4 rings (SSSR count). The van der Waals surface area contributed by atoms with Crippen LogP contribution in [0.4, 0.5) is 11.6 Å². The smallest absolute Gasteiger partial charge is 0.253 e. The monoisotopic (exact) mass is 466 g/mol. The summed E-state index contributed by atoms with van der Waals surface area (Å²) in [4.78, 5) is 23.6. The molecule has 1 saturated heterocycles. The Labute approximate surface area is 198 Å². The lowest BCUT2D eigenvalue weighted by Crippen LogP contribution is -2.50. The third kappa shape index (κ3) is 6.27. The molecule has 33 heavy (non-hydrogen) atoms. The van der Waals surface area contributed by atoms with Gasteiger partial charge in [-0.1, -0.05) is 23.7 Å². The van der Waals surface area contributed by atoms with Gasteiger partial charge in [-0.05, 0) is 49.4 Å². The number of hydrogen-bond donors (Lipinski definition) is 4. The van der Waals surface area contributed by atoms with Crippen molar-refractivity contribution in [3.63, 3.8) is 0 Å². The Hall–Kier alpha value is -3.04. The summed E-state index contributed by atoms with van der Waals surface area (Å²) in [5.74, 6) is 0.415. The fourth-order valence-electron chi connectivity index (χ4n) is 3.59. The molecule has 0 aliphatic carbocycles. The molecule has 172 valence electrons. The number of aliphatic hydroxyl groups is 1. The third-order valence-corrected chi connectivity index (χ3v) is 5.64. The summed E-state index contributed by atoms with van der Waals surface area (Å²) in [6.45, 7) is 4.37. The lowest BCUT2D eigenvalue weighted by molar-refractivity contribution is 0.0262. The van der Waals surface area contributed by atoms with Gasteiger partial charge in [0.2, 0.25) is 5.95 Å². The number of anilines is 2. The van der Waals surface area contributed by atoms with Crippen LogP contribution in [0.5, 0.6) is 0 Å². The molecule has 1 aliphatic heterocycles. The largest absolute Gasteiger partial charge is 0.375 e. The normalized spacial score (nSPS) is 19.3. The van der Waals surface area contributed by atoms with Crippen LogP contribution in [0.15, 0.2) is 60.8 Å². The van der Waals surface area contributed by atoms with E-state index in [1.807, 2.05) is 42.5 Å². The molecule has 1 aliphatic rings. The Morgan fingerprint density at radius 3 is 2.58 bits per heavy atom. The van der Waals surface area contributed by atoms with Crippen LogP contribution in [-0.2, 0) is 0 Å². The predicted molar refractivity (Wildman–Crippen MR) is 130 cm³/mol. The van der Waals surface area contributed by atoms with E-state index in [1.54, 1.807) is 30.2 Å². The van der Waals surface area contributed by atoms with Gasteiger partial charge in [-0.25, -0.2) is 9.97 Å². The number of β-amino-alcohol motifs (C(OH)–C–C–N with tert-alkyl or cyclic N) is 1. The van der Waals surface area contributed by atoms with Gasteiger partial charge in [0.25, 0.3) is 5.91 Å². The summed E-state index contributed by atoms with van der Waals surface area (Å²) in [5, 5.41) is 20.3. The third-order valence-electron chi connectivity index (χ3n) is 5.39. The van der Waals surface area contributed by atoms with Crippen LogP contribution in [-0.4, -0.2) is 64.3 Å². The first-order valence-electron chi connectivity index (χ1n) is 10.8. The van der Waals surface area contributed by atoms with Gasteiger partial charge in [0.05, 0.1) is 5.69 Å². The molecular formula is C24H27ClN6O2. The number of carbonyl (C=O) groups excluding carboxylic acids is 1. The molecule has 0 saturated carbocycles. The molecule has 9 heteroatoms. The first-order valence-corrected chi connectivity index (χ1v) is 11.2. The maximum atomic E-state index is 13.0. The van der Waals surface area contributed by atoms with Crippen molar-refractivity contribution in [2.45, 2.75) is 12.6 Å². The molecule has 0 spiro atoms. The van der Waals surface area contributed by atoms with Gasteiger partial charge >= 0.3 is 0 Å². The van der Waals surface area contributed by atoms with Crippen molar-refractivity contribution in [3.05, 3.63) is 71.4 Å². The second-order valence-electron chi connectivity index (χ2n) is 8.14. The lowest BCUT2D eigenvalue weighted by Gasteiger charge is -2.25. The van der Waals surface area contributed by atoms with Crippen LogP contribution in [0, 0.1) is 0 Å². The van der Waals surface area contributed by atoms with Gasteiger partial charge < -0.3 is 20.6 Å². The summed E-state index contributed by atoms with van der Waals surface area (Å²) in [6, 6.07) is 16.6. The molecule has 1 fully saturated rings. The Kier molecular flexibility index (Phi) is 7.20. The van der Waals surface area contributed by atoms with Crippen LogP contribution in [0.2, 0.25) is 5.02 Å². The summed E-state index contributed by atoms with van der Waals surface area (Å²) in [6.07, 6.45) is 1.70. The molecule has 0 bridgehead atoms. The molecule has 3 aromatic rings. The summed E-state index contributed by atoms with van der Waals surface area (Å²) >= 11 is 5.97. The molecule has 1 amide bonds. The number of aromatic nitrogens is 2. The van der Waals surface area contributed by atoms with Crippen molar-refractivity contribution < 1.29 is 9.90 Å². The standard InChI is InChI=1S/C24H27ClN6O2/c1-24(33)16-26-12-14-31(15-13-28-24)22(32)18-4-8-20(9-5-18)29-23-27-11-10-21(30-23)17-2-6-19(25)7-3-17/h2-11,26,28,33H,12-16H2,1H3,(H,27,29,30). The average molecular weight is 467 g/mol. The van der Waals surface area contributed by atoms with Crippen LogP contribution in [0.1, 0.15) is 17.3 Å². The van der Waals surface area contributed by atoms with Crippen molar-refractivity contribution in [1.29, 1.82) is 0 Å². The van der Waals surface area contributed by atoms with Crippen molar-refractivity contribution in [2.75, 3.05) is 38.0 Å². The van der Waals surface area contributed by atoms with Crippen LogP contribution in [0.3, 0.4) is 0 Å². The van der Waals surface area contributed by atoms with E-state index >= 15 is 0 Å². The number of halogens is 1. The number of hydrogen-bond acceptors (Lipinski definition) is 7. The van der Waals surface area contributed by atoms with Crippen LogP contribution < -0.4 is 16.0 Å². The SMILES string of the molecule is CC1(O)CNCCN(C(=O)c2ccc(Nc3nccc(-c4ccc(Cl)cc4)n3)cc2)CCN1. The Morgan fingerprint density at radius 2 is 1.82 bits per heavy atom. The molecule has 8 nitrogen and oxygen atoms in total. The van der Waals surface area contributed by atoms with E-state index in [2.05, 4.69) is 25.9 Å². The van der Waals surface area contributed by atoms with Gasteiger partial charge in [-0.15, -0.1) is 0 Å². The van der Waals surface area contributed by atoms with Crippen molar-refractivity contribution >= 4 is 29.1 Å². The van der Waals surface area contributed by atoms with E-state index in [0.29, 0.717) is 49.3 Å². The highest BCUT2D eigenvalue weighted by Gasteiger charge is 2.23. The van der Waals surface area contributed by atoms with E-state index in [1.165, 1.54) is 0 Å². The minimum Gasteiger partial charge on any atom is -0.375 e. The summed E-state index contributed by atoms with van der Waals surface area (Å²) in [7, 11) is 0. The number of carbonyl (C=O) groups is 1. The molecule has 0 radical (unpaired) electrons. The van der Waals surface area contributed by atoms with Crippen molar-refractivity contribution in [1.82, 2.24) is 25.5 Å². The topological polar surface area (TPSA) is 102 Å². The second kappa shape index (κ2) is 10.3. The molecule has 1 atom stereocenters. The Morgan fingerprint density at radius 1 is 1.09 bits per heavy atom. The molecule has 1 aromatic heterocycles. The Balaban J connectivity index is 1.41. The zero-order chi connectivity index (χ0) is 23.3. The highest BCUT2D eigenvalue weighted by atomic mass is 35.5. The number of amides is 1. The number of benzene rings is 2. The van der Waals surface area contributed by atoms with Gasteiger partial charge in [0.1, 0.15) is 5.72 Å². The number of rotatable bonds is 4. The molecule has 2 aromatic carbocycles. The van der Waals surface area contributed by atoms with Crippen molar-refractivity contribution in [2.24, 2.45) is 0 Å². The van der Waals surface area contributed by atoms with Gasteiger partial charge in [0.15, 0.2) is 0 Å². The highest BCUT2D eigenvalue weighted by Crippen LogP contribution is 2.22. The average Bonchev–Trinajstić information content (AvgIpc) is 2.89. The summed E-state index contributed by atoms with van der Waals surface area (Å²) in [5.41, 5.74) is 2.12. The molecule has 2 heterocycles.